The molecule has 0 saturated carbocycles. The number of ether oxygens (including phenoxy) is 1. The highest BCUT2D eigenvalue weighted by Crippen LogP contribution is 2.33. The van der Waals surface area contributed by atoms with E-state index in [9.17, 15) is 9.59 Å². The number of nitrogens with zero attached hydrogens (tertiary/aromatic N) is 1. The van der Waals surface area contributed by atoms with Crippen LogP contribution in [-0.2, 0) is 9.53 Å². The van der Waals surface area contributed by atoms with E-state index in [4.69, 9.17) is 4.74 Å². The number of hydrogen-bond acceptors (Lipinski definition) is 4. The van der Waals surface area contributed by atoms with E-state index in [1.54, 1.807) is 4.90 Å². The van der Waals surface area contributed by atoms with Crippen molar-refractivity contribution < 1.29 is 14.3 Å². The monoisotopic (exact) mass is 288 g/mol. The zero-order valence-electron chi connectivity index (χ0n) is 11.9. The summed E-state index contributed by atoms with van der Waals surface area (Å²) in [6.45, 7) is 1.03. The Morgan fingerprint density at radius 1 is 1.42 bits per heavy atom. The quantitative estimate of drug-likeness (QED) is 0.778. The lowest BCUT2D eigenvalue weighted by Crippen LogP contribution is -2.60. The van der Waals surface area contributed by atoms with Gasteiger partial charge in [0, 0.05) is 24.4 Å². The molecule has 0 aromatic carbocycles. The molecular weight excluding hydrogens is 264 g/mol. The smallest absolute Gasteiger partial charge is 0.410 e. The highest BCUT2D eigenvalue weighted by Gasteiger charge is 2.42. The van der Waals surface area contributed by atoms with Crippen molar-refractivity contribution in [2.24, 2.45) is 0 Å². The SMILES string of the molecule is CS(C)(C)CCOC(=O)N1C[C@H]2CC[C@H](N2)[C@H]1C=O. The normalized spacial score (nSPS) is 31.1. The van der Waals surface area contributed by atoms with Crippen molar-refractivity contribution in [3.63, 3.8) is 0 Å². The summed E-state index contributed by atoms with van der Waals surface area (Å²) >= 11 is 0. The van der Waals surface area contributed by atoms with E-state index < -0.39 is 10.0 Å². The molecule has 2 aliphatic rings. The lowest BCUT2D eigenvalue weighted by molar-refractivity contribution is -0.113. The van der Waals surface area contributed by atoms with E-state index >= 15 is 0 Å². The maximum absolute atomic E-state index is 12.1. The summed E-state index contributed by atoms with van der Waals surface area (Å²) in [5.41, 5.74) is 0. The molecule has 110 valence electrons. The van der Waals surface area contributed by atoms with Crippen LogP contribution in [0.3, 0.4) is 0 Å². The Morgan fingerprint density at radius 2 is 2.16 bits per heavy atom. The van der Waals surface area contributed by atoms with E-state index in [1.807, 2.05) is 0 Å². The summed E-state index contributed by atoms with van der Waals surface area (Å²) in [7, 11) is -0.656. The second kappa shape index (κ2) is 5.71. The summed E-state index contributed by atoms with van der Waals surface area (Å²) in [5.74, 6) is 0.906. The fourth-order valence-corrected chi connectivity index (χ4v) is 3.25. The summed E-state index contributed by atoms with van der Waals surface area (Å²) in [4.78, 5) is 24.9. The predicted molar refractivity (Wildman–Crippen MR) is 78.1 cm³/mol. The van der Waals surface area contributed by atoms with Gasteiger partial charge in [0.05, 0.1) is 0 Å². The molecule has 2 saturated heterocycles. The second-order valence-corrected chi connectivity index (χ2v) is 10.8. The first kappa shape index (κ1) is 14.7. The van der Waals surface area contributed by atoms with Crippen molar-refractivity contribution in [1.82, 2.24) is 10.2 Å². The van der Waals surface area contributed by atoms with Gasteiger partial charge in [-0.1, -0.05) is 0 Å². The van der Waals surface area contributed by atoms with Crippen molar-refractivity contribution in [3.8, 4) is 0 Å². The summed E-state index contributed by atoms with van der Waals surface area (Å²) in [6, 6.07) is 0.0623. The van der Waals surface area contributed by atoms with Gasteiger partial charge in [0.2, 0.25) is 0 Å². The predicted octanol–water partition coefficient (Wildman–Crippen LogP) is 0.821. The number of rotatable bonds is 4. The third-order valence-corrected chi connectivity index (χ3v) is 5.15. The number of nitrogens with one attached hydrogen (secondary N) is 1. The van der Waals surface area contributed by atoms with Crippen LogP contribution in [0.15, 0.2) is 0 Å². The van der Waals surface area contributed by atoms with Gasteiger partial charge in [-0.2, -0.15) is 0 Å². The lowest BCUT2D eigenvalue weighted by atomic mass is 10.1. The van der Waals surface area contributed by atoms with Crippen LogP contribution in [-0.4, -0.2) is 73.1 Å². The highest BCUT2D eigenvalue weighted by molar-refractivity contribution is 8.32. The minimum absolute atomic E-state index is 0.108. The Morgan fingerprint density at radius 3 is 2.79 bits per heavy atom. The molecule has 1 N–H and O–H groups in total. The third kappa shape index (κ3) is 3.63. The van der Waals surface area contributed by atoms with E-state index in [1.165, 1.54) is 0 Å². The van der Waals surface area contributed by atoms with Crippen LogP contribution < -0.4 is 5.32 Å². The molecule has 0 aliphatic carbocycles. The van der Waals surface area contributed by atoms with Crippen LogP contribution in [0.5, 0.6) is 0 Å². The van der Waals surface area contributed by atoms with Crippen LogP contribution in [0.25, 0.3) is 0 Å². The Kier molecular flexibility index (Phi) is 4.40. The Labute approximate surface area is 116 Å². The average molecular weight is 288 g/mol. The van der Waals surface area contributed by atoms with Gasteiger partial charge in [-0.3, -0.25) is 4.90 Å². The molecule has 0 aromatic heterocycles. The topological polar surface area (TPSA) is 58.6 Å². The van der Waals surface area contributed by atoms with Crippen LogP contribution in [0.4, 0.5) is 4.79 Å². The van der Waals surface area contributed by atoms with Gasteiger partial charge in [-0.25, -0.2) is 14.8 Å². The molecule has 5 nitrogen and oxygen atoms in total. The number of hydrogen-bond donors (Lipinski definition) is 1. The number of aldehydes is 1. The maximum atomic E-state index is 12.1. The van der Waals surface area contributed by atoms with E-state index in [0.717, 1.165) is 24.9 Å². The molecule has 19 heavy (non-hydrogen) atoms. The van der Waals surface area contributed by atoms with Crippen LogP contribution in [0.1, 0.15) is 12.8 Å². The Hall–Kier alpha value is -0.750. The molecule has 2 rings (SSSR count). The molecule has 0 aromatic rings. The van der Waals surface area contributed by atoms with Crippen molar-refractivity contribution in [1.29, 1.82) is 0 Å². The first-order valence-corrected chi connectivity index (χ1v) is 9.74. The van der Waals surface area contributed by atoms with E-state index in [-0.39, 0.29) is 18.2 Å². The summed E-state index contributed by atoms with van der Waals surface area (Å²) < 4.78 is 5.34. The summed E-state index contributed by atoms with van der Waals surface area (Å²) in [5, 5.41) is 3.38. The van der Waals surface area contributed by atoms with Crippen molar-refractivity contribution in [2.75, 3.05) is 37.7 Å². The van der Waals surface area contributed by atoms with Gasteiger partial charge in [0.1, 0.15) is 18.9 Å². The third-order valence-electron chi connectivity index (χ3n) is 3.76. The molecule has 2 heterocycles. The van der Waals surface area contributed by atoms with Gasteiger partial charge in [-0.05, 0) is 31.6 Å². The lowest BCUT2D eigenvalue weighted by Gasteiger charge is -2.37. The minimum Gasteiger partial charge on any atom is -0.449 e. The molecule has 2 fully saturated rings. The second-order valence-electron chi connectivity index (χ2n) is 6.24. The molecule has 3 atom stereocenters. The molecule has 6 heteroatoms. The molecule has 2 bridgehead atoms. The molecule has 0 radical (unpaired) electrons. The van der Waals surface area contributed by atoms with E-state index in [0.29, 0.717) is 19.2 Å². The molecule has 0 spiro atoms. The van der Waals surface area contributed by atoms with Crippen LogP contribution >= 0.6 is 10.0 Å². The van der Waals surface area contributed by atoms with Gasteiger partial charge in [0.15, 0.2) is 0 Å². The fraction of sp³-hybridized carbons (Fsp3) is 0.846. The number of piperazine rings is 1. The zero-order chi connectivity index (χ0) is 14.0. The summed E-state index contributed by atoms with van der Waals surface area (Å²) in [6.07, 6.45) is 9.11. The minimum atomic E-state index is -0.656. The number of fused-ring (bicyclic) bond motifs is 2. The largest absolute Gasteiger partial charge is 0.449 e. The van der Waals surface area contributed by atoms with Crippen molar-refractivity contribution in [3.05, 3.63) is 0 Å². The maximum Gasteiger partial charge on any atom is 0.410 e. The number of carbonyl (C=O) groups is 2. The number of carbonyl (C=O) groups excluding carboxylic acids is 2. The van der Waals surface area contributed by atoms with Crippen molar-refractivity contribution in [2.45, 2.75) is 31.0 Å². The van der Waals surface area contributed by atoms with Crippen molar-refractivity contribution >= 4 is 22.4 Å². The molecule has 0 unspecified atom stereocenters. The standard InChI is InChI=1S/C13H24N2O3S/c1-19(2,3)7-6-18-13(17)15-8-10-4-5-11(14-10)12(15)9-16/h9-12,14H,4-8H2,1-3H3/t10-,11+,12-/m1/s1. The first-order valence-electron chi connectivity index (χ1n) is 6.71. The first-order chi connectivity index (χ1) is 8.90. The highest BCUT2D eigenvalue weighted by atomic mass is 32.3. The van der Waals surface area contributed by atoms with Gasteiger partial charge in [-0.15, -0.1) is 0 Å². The average Bonchev–Trinajstić information content (AvgIpc) is 2.69. The van der Waals surface area contributed by atoms with Gasteiger partial charge < -0.3 is 14.8 Å². The van der Waals surface area contributed by atoms with E-state index in [2.05, 4.69) is 24.1 Å². The molecular formula is C13H24N2O3S. The number of amides is 1. The Balaban J connectivity index is 1.89. The van der Waals surface area contributed by atoms with Gasteiger partial charge in [0.25, 0.3) is 0 Å². The van der Waals surface area contributed by atoms with Crippen LogP contribution in [0, 0.1) is 0 Å². The van der Waals surface area contributed by atoms with Gasteiger partial charge >= 0.3 is 6.09 Å². The van der Waals surface area contributed by atoms with Crippen LogP contribution in [0.2, 0.25) is 0 Å². The number of likely N-dealkylation sites (tertiary alicyclic amines) is 1. The molecule has 2 aliphatic heterocycles. The fourth-order valence-electron chi connectivity index (χ4n) is 2.67. The Bertz CT molecular complexity index is 356. The zero-order valence-corrected chi connectivity index (χ0v) is 12.7. The molecule has 1 amide bonds.